The zero-order chi connectivity index (χ0) is 14.0. The van der Waals surface area contributed by atoms with Crippen molar-refractivity contribution in [1.29, 1.82) is 0 Å². The lowest BCUT2D eigenvalue weighted by molar-refractivity contribution is 0.252. The first-order valence-electron chi connectivity index (χ1n) is 5.97. The number of hydrogen-bond acceptors (Lipinski definition) is 4. The highest BCUT2D eigenvalue weighted by Crippen LogP contribution is 2.26. The number of thiophene rings is 1. The van der Waals surface area contributed by atoms with E-state index < -0.39 is 10.0 Å². The van der Waals surface area contributed by atoms with Gasteiger partial charge < -0.3 is 5.73 Å². The molecule has 0 amide bonds. The number of sulfonamides is 1. The van der Waals surface area contributed by atoms with Gasteiger partial charge in [-0.05, 0) is 22.8 Å². The second-order valence-electron chi connectivity index (χ2n) is 5.38. The molecule has 0 aliphatic carbocycles. The van der Waals surface area contributed by atoms with Crippen LogP contribution in [0, 0.1) is 11.3 Å². The van der Waals surface area contributed by atoms with Gasteiger partial charge >= 0.3 is 0 Å². The van der Waals surface area contributed by atoms with Gasteiger partial charge in [0.2, 0.25) is 10.0 Å². The van der Waals surface area contributed by atoms with Crippen LogP contribution in [0.1, 0.15) is 32.6 Å². The minimum atomic E-state index is -3.45. The molecule has 0 saturated heterocycles. The van der Waals surface area contributed by atoms with Gasteiger partial charge in [-0.2, -0.15) is 0 Å². The molecule has 0 unspecified atom stereocenters. The molecular weight excluding hydrogens is 268 g/mol. The largest absolute Gasteiger partial charge is 0.326 e. The van der Waals surface area contributed by atoms with Crippen LogP contribution in [0.25, 0.3) is 0 Å². The van der Waals surface area contributed by atoms with Crippen LogP contribution >= 0.6 is 11.3 Å². The van der Waals surface area contributed by atoms with Crippen molar-refractivity contribution >= 4 is 21.4 Å². The first kappa shape index (κ1) is 15.6. The normalized spacial score (nSPS) is 13.2. The van der Waals surface area contributed by atoms with Gasteiger partial charge in [-0.3, -0.25) is 0 Å². The Bertz CT molecular complexity index is 490. The predicted octanol–water partition coefficient (Wildman–Crippen LogP) is 2.17. The molecule has 3 N–H and O–H groups in total. The van der Waals surface area contributed by atoms with Gasteiger partial charge in [0.1, 0.15) is 0 Å². The Morgan fingerprint density at radius 3 is 2.56 bits per heavy atom. The van der Waals surface area contributed by atoms with Crippen molar-refractivity contribution in [2.75, 3.05) is 6.54 Å². The van der Waals surface area contributed by atoms with E-state index >= 15 is 0 Å². The van der Waals surface area contributed by atoms with Crippen molar-refractivity contribution in [3.63, 3.8) is 0 Å². The van der Waals surface area contributed by atoms with E-state index in [0.717, 1.165) is 0 Å². The van der Waals surface area contributed by atoms with Gasteiger partial charge in [0.15, 0.2) is 0 Å². The molecule has 1 rings (SSSR count). The van der Waals surface area contributed by atoms with Crippen LogP contribution in [-0.4, -0.2) is 15.0 Å². The Kier molecular flexibility index (Phi) is 4.94. The molecule has 0 atom stereocenters. The summed E-state index contributed by atoms with van der Waals surface area (Å²) in [5.41, 5.74) is 5.46. The van der Waals surface area contributed by atoms with E-state index in [-0.39, 0.29) is 12.0 Å². The maximum atomic E-state index is 12.2. The Balaban J connectivity index is 2.84. The van der Waals surface area contributed by atoms with Crippen LogP contribution in [0.4, 0.5) is 0 Å². The summed E-state index contributed by atoms with van der Waals surface area (Å²) in [7, 11) is -3.45. The lowest BCUT2D eigenvalue weighted by Gasteiger charge is -2.29. The zero-order valence-corrected chi connectivity index (χ0v) is 13.0. The third-order valence-electron chi connectivity index (χ3n) is 3.46. The summed E-state index contributed by atoms with van der Waals surface area (Å²) in [5, 5.41) is 1.75. The number of nitrogens with one attached hydrogen (secondary N) is 1. The van der Waals surface area contributed by atoms with E-state index in [9.17, 15) is 8.42 Å². The number of nitrogens with two attached hydrogens (primary N) is 1. The van der Waals surface area contributed by atoms with Gasteiger partial charge in [-0.1, -0.05) is 27.7 Å². The molecule has 4 nitrogen and oxygen atoms in total. The lowest BCUT2D eigenvalue weighted by atomic mass is 9.81. The van der Waals surface area contributed by atoms with E-state index in [1.807, 2.05) is 0 Å². The summed E-state index contributed by atoms with van der Waals surface area (Å²) >= 11 is 1.37. The molecule has 0 radical (unpaired) electrons. The van der Waals surface area contributed by atoms with Crippen LogP contribution in [0.2, 0.25) is 0 Å². The predicted molar refractivity (Wildman–Crippen MR) is 76.0 cm³/mol. The topological polar surface area (TPSA) is 72.2 Å². The van der Waals surface area contributed by atoms with E-state index in [2.05, 4.69) is 32.4 Å². The monoisotopic (exact) mass is 290 g/mol. The summed E-state index contributed by atoms with van der Waals surface area (Å²) in [6.07, 6.45) is 0. The molecule has 0 aliphatic heterocycles. The molecule has 0 spiro atoms. The summed E-state index contributed by atoms with van der Waals surface area (Å²) in [4.78, 5) is 1.01. The fraction of sp³-hybridized carbons (Fsp3) is 0.667. The third kappa shape index (κ3) is 3.54. The van der Waals surface area contributed by atoms with Crippen LogP contribution in [0.15, 0.2) is 16.3 Å². The summed E-state index contributed by atoms with van der Waals surface area (Å²) in [6, 6.07) is 1.61. The van der Waals surface area contributed by atoms with Crippen molar-refractivity contribution in [3.05, 3.63) is 16.3 Å². The van der Waals surface area contributed by atoms with Crippen LogP contribution in [0.5, 0.6) is 0 Å². The molecule has 0 bridgehead atoms. The number of rotatable bonds is 6. The molecule has 1 aromatic heterocycles. The summed E-state index contributed by atoms with van der Waals surface area (Å²) < 4.78 is 27.0. The maximum absolute atomic E-state index is 12.2. The standard InChI is InChI=1S/C12H22N2O2S2/c1-9(2)12(3,4)8-14-18(15,16)11-5-6-17-10(11)7-13/h5-6,9,14H,7-8,13H2,1-4H3. The minimum absolute atomic E-state index is 0.0774. The van der Waals surface area contributed by atoms with Crippen LogP contribution in [-0.2, 0) is 16.6 Å². The summed E-state index contributed by atoms with van der Waals surface area (Å²) in [5.74, 6) is 0.400. The van der Waals surface area contributed by atoms with Crippen molar-refractivity contribution < 1.29 is 8.42 Å². The highest BCUT2D eigenvalue weighted by molar-refractivity contribution is 7.89. The Morgan fingerprint density at radius 2 is 2.06 bits per heavy atom. The smallest absolute Gasteiger partial charge is 0.241 e. The Labute approximate surface area is 114 Å². The lowest BCUT2D eigenvalue weighted by Crippen LogP contribution is -2.37. The fourth-order valence-corrected chi connectivity index (χ4v) is 3.84. The van der Waals surface area contributed by atoms with E-state index in [1.165, 1.54) is 11.3 Å². The van der Waals surface area contributed by atoms with Crippen molar-refractivity contribution in [1.82, 2.24) is 4.72 Å². The quantitative estimate of drug-likeness (QED) is 0.843. The molecule has 6 heteroatoms. The average molecular weight is 290 g/mol. The third-order valence-corrected chi connectivity index (χ3v) is 6.02. The molecule has 0 fully saturated rings. The molecule has 1 aromatic rings. The molecule has 104 valence electrons. The van der Waals surface area contributed by atoms with Gasteiger partial charge in [0.05, 0.1) is 4.90 Å². The fourth-order valence-electron chi connectivity index (χ4n) is 1.28. The maximum Gasteiger partial charge on any atom is 0.241 e. The SMILES string of the molecule is CC(C)C(C)(C)CNS(=O)(=O)c1ccsc1CN. The van der Waals surface area contributed by atoms with Crippen molar-refractivity contribution in [3.8, 4) is 0 Å². The molecule has 0 aromatic carbocycles. The highest BCUT2D eigenvalue weighted by Gasteiger charge is 2.26. The van der Waals surface area contributed by atoms with Crippen LogP contribution < -0.4 is 10.5 Å². The Hall–Kier alpha value is -0.430. The molecule has 18 heavy (non-hydrogen) atoms. The second kappa shape index (κ2) is 5.69. The first-order chi connectivity index (χ1) is 8.20. The number of hydrogen-bond donors (Lipinski definition) is 2. The van der Waals surface area contributed by atoms with Gasteiger partial charge in [0, 0.05) is 18.0 Å². The second-order valence-corrected chi connectivity index (χ2v) is 8.12. The van der Waals surface area contributed by atoms with Crippen molar-refractivity contribution in [2.45, 2.75) is 39.1 Å². The molecular formula is C12H22N2O2S2. The van der Waals surface area contributed by atoms with Crippen molar-refractivity contribution in [2.24, 2.45) is 17.1 Å². The van der Waals surface area contributed by atoms with Crippen LogP contribution in [0.3, 0.4) is 0 Å². The first-order valence-corrected chi connectivity index (χ1v) is 8.33. The minimum Gasteiger partial charge on any atom is -0.326 e. The van der Waals surface area contributed by atoms with E-state index in [1.54, 1.807) is 11.4 Å². The molecule has 0 saturated carbocycles. The van der Waals surface area contributed by atoms with Gasteiger partial charge in [-0.25, -0.2) is 13.1 Å². The van der Waals surface area contributed by atoms with E-state index in [0.29, 0.717) is 22.2 Å². The highest BCUT2D eigenvalue weighted by atomic mass is 32.2. The zero-order valence-electron chi connectivity index (χ0n) is 11.4. The average Bonchev–Trinajstić information content (AvgIpc) is 2.75. The molecule has 1 heterocycles. The van der Waals surface area contributed by atoms with Gasteiger partial charge in [-0.15, -0.1) is 11.3 Å². The van der Waals surface area contributed by atoms with Gasteiger partial charge in [0.25, 0.3) is 0 Å². The Morgan fingerprint density at radius 1 is 1.44 bits per heavy atom. The van der Waals surface area contributed by atoms with E-state index in [4.69, 9.17) is 5.73 Å². The summed E-state index contributed by atoms with van der Waals surface area (Å²) in [6.45, 7) is 8.96. The molecule has 0 aliphatic rings.